The topological polar surface area (TPSA) is 15.6 Å². The third kappa shape index (κ3) is 3.18. The van der Waals surface area contributed by atoms with Crippen molar-refractivity contribution in [3.63, 3.8) is 0 Å². The average Bonchev–Trinajstić information content (AvgIpc) is 3.11. The molecule has 124 valence electrons. The molecule has 3 heteroatoms. The summed E-state index contributed by atoms with van der Waals surface area (Å²) < 4.78 is 0. The van der Waals surface area contributed by atoms with Crippen molar-refractivity contribution < 1.29 is 0 Å². The average molecular weight is 347 g/mol. The van der Waals surface area contributed by atoms with Crippen molar-refractivity contribution in [1.29, 1.82) is 0 Å². The second kappa shape index (κ2) is 6.73. The van der Waals surface area contributed by atoms with Crippen LogP contribution in [0.25, 0.3) is 0 Å². The molecule has 0 spiro atoms. The van der Waals surface area contributed by atoms with Crippen LogP contribution in [-0.2, 0) is 0 Å². The van der Waals surface area contributed by atoms with Crippen LogP contribution in [-0.4, -0.2) is 5.71 Å². The summed E-state index contributed by atoms with van der Waals surface area (Å²) in [5, 5.41) is 7.82. The summed E-state index contributed by atoms with van der Waals surface area (Å²) in [5.41, 5.74) is 5.63. The van der Waals surface area contributed by atoms with E-state index in [-0.39, 0.29) is 6.04 Å². The highest BCUT2D eigenvalue weighted by Crippen LogP contribution is 2.37. The number of nitrogens with zero attached hydrogens (tertiary/aromatic N) is 2. The molecule has 0 saturated carbocycles. The predicted molar refractivity (Wildman–Crippen MR) is 105 cm³/mol. The molecule has 0 unspecified atom stereocenters. The Bertz CT molecular complexity index is 904. The van der Waals surface area contributed by atoms with Crippen LogP contribution < -0.4 is 5.01 Å². The third-order valence-corrected chi connectivity index (χ3v) is 5.03. The molecular formula is C22H19ClN2. The maximum Gasteiger partial charge on any atom is 0.0831 e. The lowest BCUT2D eigenvalue weighted by molar-refractivity contribution is 0.709. The fraction of sp³-hybridized carbons (Fsp3) is 0.136. The van der Waals surface area contributed by atoms with Gasteiger partial charge in [0.2, 0.25) is 0 Å². The monoisotopic (exact) mass is 346 g/mol. The highest BCUT2D eigenvalue weighted by atomic mass is 35.5. The Labute approximate surface area is 153 Å². The lowest BCUT2D eigenvalue weighted by atomic mass is 9.98. The van der Waals surface area contributed by atoms with Crippen molar-refractivity contribution in [2.75, 3.05) is 5.01 Å². The summed E-state index contributed by atoms with van der Waals surface area (Å²) in [4.78, 5) is 0. The first-order chi connectivity index (χ1) is 12.2. The first kappa shape index (κ1) is 15.9. The summed E-state index contributed by atoms with van der Waals surface area (Å²) in [6.45, 7) is 2.02. The van der Waals surface area contributed by atoms with Crippen molar-refractivity contribution in [3.8, 4) is 0 Å². The molecule has 0 aliphatic carbocycles. The molecule has 0 aromatic heterocycles. The molecule has 3 aromatic carbocycles. The predicted octanol–water partition coefficient (Wildman–Crippen LogP) is 6.00. The summed E-state index contributed by atoms with van der Waals surface area (Å²) in [6, 6.07) is 27.2. The quantitative estimate of drug-likeness (QED) is 0.567. The third-order valence-electron chi connectivity index (χ3n) is 4.62. The number of rotatable bonds is 3. The standard InChI is InChI=1S/C22H19ClN2/c1-16-12-13-19(14-20(16)23)25-22(18-10-6-3-7-11-18)15-21(24-25)17-8-4-2-5-9-17/h2-14,22H,15H2,1H3/t22-/m0/s1. The van der Waals surface area contributed by atoms with Gasteiger partial charge in [0, 0.05) is 11.4 Å². The maximum absolute atomic E-state index is 6.36. The number of halogens is 1. The second-order valence-corrected chi connectivity index (χ2v) is 6.73. The molecule has 0 radical (unpaired) electrons. The molecule has 1 heterocycles. The first-order valence-electron chi connectivity index (χ1n) is 8.45. The van der Waals surface area contributed by atoms with Gasteiger partial charge in [-0.2, -0.15) is 5.10 Å². The second-order valence-electron chi connectivity index (χ2n) is 6.32. The van der Waals surface area contributed by atoms with Crippen molar-refractivity contribution >= 4 is 23.0 Å². The van der Waals surface area contributed by atoms with Crippen LogP contribution >= 0.6 is 11.6 Å². The molecule has 3 aromatic rings. The zero-order valence-corrected chi connectivity index (χ0v) is 14.8. The first-order valence-corrected chi connectivity index (χ1v) is 8.83. The summed E-state index contributed by atoms with van der Waals surface area (Å²) in [5.74, 6) is 0. The van der Waals surface area contributed by atoms with E-state index in [1.165, 1.54) is 11.1 Å². The number of benzene rings is 3. The number of hydrogen-bond acceptors (Lipinski definition) is 2. The summed E-state index contributed by atoms with van der Waals surface area (Å²) in [7, 11) is 0. The van der Waals surface area contributed by atoms with Crippen LogP contribution in [0.4, 0.5) is 5.69 Å². The molecule has 25 heavy (non-hydrogen) atoms. The van der Waals surface area contributed by atoms with E-state index in [0.717, 1.165) is 28.4 Å². The largest absolute Gasteiger partial charge is 0.257 e. The molecule has 1 atom stereocenters. The van der Waals surface area contributed by atoms with Crippen molar-refractivity contribution in [3.05, 3.63) is 101 Å². The molecule has 4 rings (SSSR count). The van der Waals surface area contributed by atoms with Gasteiger partial charge in [0.1, 0.15) is 0 Å². The zero-order chi connectivity index (χ0) is 17.2. The molecular weight excluding hydrogens is 328 g/mol. The number of anilines is 1. The van der Waals surface area contributed by atoms with Crippen LogP contribution in [0, 0.1) is 6.92 Å². The van der Waals surface area contributed by atoms with Crippen LogP contribution in [0.2, 0.25) is 5.02 Å². The van der Waals surface area contributed by atoms with Gasteiger partial charge >= 0.3 is 0 Å². The highest BCUT2D eigenvalue weighted by molar-refractivity contribution is 6.31. The van der Waals surface area contributed by atoms with Gasteiger partial charge in [0.15, 0.2) is 0 Å². The van der Waals surface area contributed by atoms with Crippen molar-refractivity contribution in [2.45, 2.75) is 19.4 Å². The molecule has 0 bridgehead atoms. The lowest BCUT2D eigenvalue weighted by Crippen LogP contribution is -2.18. The Balaban J connectivity index is 1.77. The van der Waals surface area contributed by atoms with E-state index in [9.17, 15) is 0 Å². The minimum Gasteiger partial charge on any atom is -0.257 e. The number of hydrazone groups is 1. The van der Waals surface area contributed by atoms with Crippen LogP contribution in [0.15, 0.2) is 84.0 Å². The van der Waals surface area contributed by atoms with Crippen molar-refractivity contribution in [1.82, 2.24) is 0 Å². The summed E-state index contributed by atoms with van der Waals surface area (Å²) >= 11 is 6.36. The van der Waals surface area contributed by atoms with Crippen LogP contribution in [0.3, 0.4) is 0 Å². The Morgan fingerprint density at radius 2 is 1.60 bits per heavy atom. The van der Waals surface area contributed by atoms with Gasteiger partial charge in [0.05, 0.1) is 17.4 Å². The highest BCUT2D eigenvalue weighted by Gasteiger charge is 2.29. The fourth-order valence-electron chi connectivity index (χ4n) is 3.21. The van der Waals surface area contributed by atoms with Gasteiger partial charge in [-0.1, -0.05) is 78.3 Å². The Morgan fingerprint density at radius 3 is 2.28 bits per heavy atom. The van der Waals surface area contributed by atoms with Crippen LogP contribution in [0.1, 0.15) is 29.2 Å². The smallest absolute Gasteiger partial charge is 0.0831 e. The van der Waals surface area contributed by atoms with E-state index in [1.54, 1.807) is 0 Å². The fourth-order valence-corrected chi connectivity index (χ4v) is 3.39. The van der Waals surface area contributed by atoms with Gasteiger partial charge in [-0.05, 0) is 35.7 Å². The van der Waals surface area contributed by atoms with Crippen LogP contribution in [0.5, 0.6) is 0 Å². The Hall–Kier alpha value is -2.58. The van der Waals surface area contributed by atoms with Gasteiger partial charge in [0.25, 0.3) is 0 Å². The maximum atomic E-state index is 6.36. The van der Waals surface area contributed by atoms with E-state index >= 15 is 0 Å². The molecule has 1 aliphatic heterocycles. The molecule has 0 N–H and O–H groups in total. The number of aryl methyl sites for hydroxylation is 1. The Kier molecular flexibility index (Phi) is 4.29. The molecule has 0 fully saturated rings. The van der Waals surface area contributed by atoms with Gasteiger partial charge < -0.3 is 0 Å². The molecule has 2 nitrogen and oxygen atoms in total. The lowest BCUT2D eigenvalue weighted by Gasteiger charge is -2.24. The van der Waals surface area contributed by atoms with Gasteiger partial charge in [-0.15, -0.1) is 0 Å². The van der Waals surface area contributed by atoms with E-state index in [4.69, 9.17) is 16.7 Å². The molecule has 0 saturated heterocycles. The normalized spacial score (nSPS) is 16.8. The van der Waals surface area contributed by atoms with E-state index in [2.05, 4.69) is 65.7 Å². The SMILES string of the molecule is Cc1ccc(N2N=C(c3ccccc3)C[C@H]2c2ccccc2)cc1Cl. The van der Waals surface area contributed by atoms with E-state index in [0.29, 0.717) is 0 Å². The number of hydrogen-bond donors (Lipinski definition) is 0. The van der Waals surface area contributed by atoms with Gasteiger partial charge in [-0.3, -0.25) is 5.01 Å². The van der Waals surface area contributed by atoms with Crippen molar-refractivity contribution in [2.24, 2.45) is 5.10 Å². The Morgan fingerprint density at radius 1 is 0.920 bits per heavy atom. The zero-order valence-electron chi connectivity index (χ0n) is 14.1. The minimum absolute atomic E-state index is 0.176. The minimum atomic E-state index is 0.176. The van der Waals surface area contributed by atoms with Gasteiger partial charge in [-0.25, -0.2) is 0 Å². The van der Waals surface area contributed by atoms with E-state index < -0.39 is 0 Å². The van der Waals surface area contributed by atoms with E-state index in [1.807, 2.05) is 25.1 Å². The summed E-state index contributed by atoms with van der Waals surface area (Å²) in [6.07, 6.45) is 0.875. The molecule has 1 aliphatic rings. The molecule has 0 amide bonds.